The minimum Gasteiger partial charge on any atom is -0.370 e. The van der Waals surface area contributed by atoms with Crippen LogP contribution in [0.4, 0.5) is 0 Å². The van der Waals surface area contributed by atoms with Crippen LogP contribution in [0.25, 0.3) is 0 Å². The molecule has 1 fully saturated rings. The molecule has 0 atom stereocenters. The first-order valence-electron chi connectivity index (χ1n) is 8.36. The van der Waals surface area contributed by atoms with Crippen molar-refractivity contribution in [3.63, 3.8) is 0 Å². The maximum Gasteiger partial charge on any atom is 0.104 e. The zero-order valence-electron chi connectivity index (χ0n) is 14.1. The Bertz CT molecular complexity index is 664. The van der Waals surface area contributed by atoms with Gasteiger partial charge in [0, 0.05) is 11.3 Å². The number of quaternary nitrogens is 1. The van der Waals surface area contributed by atoms with E-state index in [1.54, 1.807) is 11.8 Å². The van der Waals surface area contributed by atoms with Crippen LogP contribution in [0, 0.1) is 0 Å². The van der Waals surface area contributed by atoms with Gasteiger partial charge in [-0.3, -0.25) is 0 Å². The van der Waals surface area contributed by atoms with E-state index in [-0.39, 0.29) is 0 Å². The molecular weight excluding hydrogens is 334 g/mol. The second kappa shape index (κ2) is 8.26. The van der Waals surface area contributed by atoms with Crippen molar-refractivity contribution in [2.75, 3.05) is 33.4 Å². The van der Waals surface area contributed by atoms with Crippen molar-refractivity contribution in [3.8, 4) is 0 Å². The number of nitrogens with zero attached hydrogens (tertiary/aromatic N) is 1. The Kier molecular flexibility index (Phi) is 6.06. The molecular formula is C20H24NOS2+. The second-order valence-corrected chi connectivity index (χ2v) is 8.25. The van der Waals surface area contributed by atoms with Crippen LogP contribution < -0.4 is 0 Å². The van der Waals surface area contributed by atoms with Crippen LogP contribution in [0.1, 0.15) is 16.7 Å². The molecule has 0 aromatic heterocycles. The quantitative estimate of drug-likeness (QED) is 0.583. The van der Waals surface area contributed by atoms with Gasteiger partial charge >= 0.3 is 0 Å². The average molecular weight is 359 g/mol. The summed E-state index contributed by atoms with van der Waals surface area (Å²) in [6.45, 7) is 5.04. The highest BCUT2D eigenvalue weighted by Crippen LogP contribution is 2.21. The molecule has 0 amide bonds. The zero-order chi connectivity index (χ0) is 16.8. The summed E-state index contributed by atoms with van der Waals surface area (Å²) >= 11 is 7.25. The predicted octanol–water partition coefficient (Wildman–Crippen LogP) is 4.27. The highest BCUT2D eigenvalue weighted by atomic mass is 32.2. The molecule has 0 aliphatic carbocycles. The molecule has 0 unspecified atom stereocenters. The van der Waals surface area contributed by atoms with Crippen LogP contribution in [0.3, 0.4) is 0 Å². The number of hydrogen-bond acceptors (Lipinski definition) is 3. The lowest BCUT2D eigenvalue weighted by atomic mass is 10.1. The Morgan fingerprint density at radius 3 is 2.29 bits per heavy atom. The van der Waals surface area contributed by atoms with Gasteiger partial charge in [-0.2, -0.15) is 0 Å². The molecule has 0 saturated carbocycles. The zero-order valence-corrected chi connectivity index (χ0v) is 15.7. The Hall–Kier alpha value is -1.20. The first-order chi connectivity index (χ1) is 11.6. The van der Waals surface area contributed by atoms with Gasteiger partial charge in [-0.05, 0) is 11.1 Å². The lowest BCUT2D eigenvalue weighted by Crippen LogP contribution is -2.51. The Labute approximate surface area is 154 Å². The van der Waals surface area contributed by atoms with Gasteiger partial charge in [-0.15, -0.1) is 11.8 Å². The van der Waals surface area contributed by atoms with Crippen LogP contribution in [0.15, 0.2) is 54.6 Å². The van der Waals surface area contributed by atoms with Crippen molar-refractivity contribution in [1.29, 1.82) is 0 Å². The van der Waals surface area contributed by atoms with Crippen molar-refractivity contribution >= 4 is 28.2 Å². The molecule has 24 heavy (non-hydrogen) atoms. The first-order valence-corrected chi connectivity index (χ1v) is 9.75. The number of rotatable bonds is 5. The molecule has 1 aliphatic heterocycles. The van der Waals surface area contributed by atoms with Crippen molar-refractivity contribution in [1.82, 2.24) is 0 Å². The van der Waals surface area contributed by atoms with Crippen molar-refractivity contribution < 1.29 is 9.22 Å². The van der Waals surface area contributed by atoms with E-state index < -0.39 is 0 Å². The minimum absolute atomic E-state index is 0.877. The summed E-state index contributed by atoms with van der Waals surface area (Å²) in [4.78, 5) is 0. The lowest BCUT2D eigenvalue weighted by Gasteiger charge is -2.37. The molecule has 3 rings (SSSR count). The molecule has 1 heterocycles. The molecule has 2 aromatic rings. The summed E-state index contributed by atoms with van der Waals surface area (Å²) < 4.78 is 7.52. The maximum atomic E-state index is 5.52. The fraction of sp³-hybridized carbons (Fsp3) is 0.350. The first kappa shape index (κ1) is 17.6. The summed E-state index contributed by atoms with van der Waals surface area (Å²) in [5, 5.41) is 0. The highest BCUT2D eigenvalue weighted by Gasteiger charge is 2.25. The molecule has 1 saturated heterocycles. The second-order valence-electron chi connectivity index (χ2n) is 6.60. The summed E-state index contributed by atoms with van der Waals surface area (Å²) in [7, 11) is 2.32. The van der Waals surface area contributed by atoms with E-state index in [1.165, 1.54) is 11.1 Å². The molecule has 0 radical (unpaired) electrons. The number of ether oxygens (including phenoxy) is 1. The van der Waals surface area contributed by atoms with Crippen LogP contribution in [0.5, 0.6) is 0 Å². The van der Waals surface area contributed by atoms with E-state index in [4.69, 9.17) is 17.0 Å². The average Bonchev–Trinajstić information content (AvgIpc) is 2.62. The van der Waals surface area contributed by atoms with Crippen LogP contribution >= 0.6 is 24.0 Å². The minimum atomic E-state index is 0.877. The van der Waals surface area contributed by atoms with Crippen molar-refractivity contribution in [2.24, 2.45) is 0 Å². The number of likely N-dealkylation sites (N-methyl/N-ethyl adjacent to an activating group) is 1. The molecule has 1 aliphatic rings. The summed E-state index contributed by atoms with van der Waals surface area (Å²) in [6, 6.07) is 19.2. The van der Waals surface area contributed by atoms with Crippen LogP contribution in [-0.4, -0.2) is 42.0 Å². The van der Waals surface area contributed by atoms with Gasteiger partial charge < -0.3 is 9.22 Å². The van der Waals surface area contributed by atoms with Gasteiger partial charge in [-0.1, -0.05) is 66.8 Å². The van der Waals surface area contributed by atoms with Gasteiger partial charge in [0.25, 0.3) is 0 Å². The number of benzene rings is 2. The van der Waals surface area contributed by atoms with Crippen LogP contribution in [0.2, 0.25) is 0 Å². The number of morpholine rings is 1. The van der Waals surface area contributed by atoms with Crippen LogP contribution in [-0.2, 0) is 17.0 Å². The van der Waals surface area contributed by atoms with E-state index in [1.807, 2.05) is 18.2 Å². The third-order valence-corrected chi connectivity index (χ3v) is 6.08. The largest absolute Gasteiger partial charge is 0.370 e. The van der Waals surface area contributed by atoms with E-state index in [0.717, 1.165) is 52.8 Å². The van der Waals surface area contributed by atoms with Gasteiger partial charge in [-0.25, -0.2) is 0 Å². The fourth-order valence-corrected chi connectivity index (χ4v) is 4.04. The molecule has 0 N–H and O–H groups in total. The molecule has 2 aromatic carbocycles. The number of thiocarbonyl (C=S) groups is 1. The SMILES string of the molecule is C[N+]1(Cc2ccc(CSC(=S)c3ccccc3)cc2)CCOCC1. The van der Waals surface area contributed by atoms with Gasteiger partial charge in [0.15, 0.2) is 0 Å². The fourth-order valence-electron chi connectivity index (χ4n) is 2.93. The highest BCUT2D eigenvalue weighted by molar-refractivity contribution is 8.23. The lowest BCUT2D eigenvalue weighted by molar-refractivity contribution is -0.929. The van der Waals surface area contributed by atoms with E-state index in [0.29, 0.717) is 0 Å². The third kappa shape index (κ3) is 4.90. The standard InChI is InChI=1S/C20H24NOS2/c1-21(11-13-22-14-12-21)15-17-7-9-18(10-8-17)16-24-20(23)19-5-3-2-4-6-19/h2-10H,11-16H2,1H3/q+1. The summed E-state index contributed by atoms with van der Waals surface area (Å²) in [5.74, 6) is 0.925. The molecule has 0 bridgehead atoms. The maximum absolute atomic E-state index is 5.52. The summed E-state index contributed by atoms with van der Waals surface area (Å²) in [6.07, 6.45) is 0. The Balaban J connectivity index is 1.54. The number of hydrogen-bond donors (Lipinski definition) is 0. The Morgan fingerprint density at radius 2 is 1.62 bits per heavy atom. The molecule has 2 nitrogen and oxygen atoms in total. The normalized spacial score (nSPS) is 16.7. The van der Waals surface area contributed by atoms with Crippen molar-refractivity contribution in [2.45, 2.75) is 12.3 Å². The summed E-state index contributed by atoms with van der Waals surface area (Å²) in [5.41, 5.74) is 3.87. The molecule has 0 spiro atoms. The molecule has 4 heteroatoms. The predicted molar refractivity (Wildman–Crippen MR) is 106 cm³/mol. The van der Waals surface area contributed by atoms with Gasteiger partial charge in [0.05, 0.1) is 24.5 Å². The van der Waals surface area contributed by atoms with E-state index in [2.05, 4.69) is 43.4 Å². The van der Waals surface area contributed by atoms with Crippen molar-refractivity contribution in [3.05, 3.63) is 71.3 Å². The number of thioether (sulfide) groups is 1. The third-order valence-electron chi connectivity index (χ3n) is 4.52. The van der Waals surface area contributed by atoms with E-state index in [9.17, 15) is 0 Å². The van der Waals surface area contributed by atoms with Gasteiger partial charge in [0.1, 0.15) is 19.6 Å². The Morgan fingerprint density at radius 1 is 1.00 bits per heavy atom. The smallest absolute Gasteiger partial charge is 0.104 e. The van der Waals surface area contributed by atoms with Gasteiger partial charge in [0.2, 0.25) is 0 Å². The topological polar surface area (TPSA) is 9.23 Å². The molecule has 126 valence electrons. The van der Waals surface area contributed by atoms with E-state index >= 15 is 0 Å². The monoisotopic (exact) mass is 358 g/mol.